The van der Waals surface area contributed by atoms with Crippen LogP contribution < -0.4 is 14.8 Å². The first-order valence-electron chi connectivity index (χ1n) is 7.38. The average Bonchev–Trinajstić information content (AvgIpc) is 2.84. The lowest BCUT2D eigenvalue weighted by molar-refractivity contribution is 0.174. The third-order valence-corrected chi connectivity index (χ3v) is 4.49. The van der Waals surface area contributed by atoms with Gasteiger partial charge in [0.2, 0.25) is 6.79 Å². The van der Waals surface area contributed by atoms with Crippen LogP contribution in [0, 0.1) is 5.41 Å². The summed E-state index contributed by atoms with van der Waals surface area (Å²) in [6, 6.07) is 4.06. The van der Waals surface area contributed by atoms with Gasteiger partial charge in [-0.1, -0.05) is 13.8 Å². The number of phenols is 1. The van der Waals surface area contributed by atoms with Crippen LogP contribution in [0.1, 0.15) is 45.1 Å². The van der Waals surface area contributed by atoms with Gasteiger partial charge >= 0.3 is 0 Å². The van der Waals surface area contributed by atoms with E-state index < -0.39 is 0 Å². The number of hydrogen-bond donors (Lipinski definition) is 2. The molecule has 4 nitrogen and oxygen atoms in total. The Morgan fingerprint density at radius 3 is 2.55 bits per heavy atom. The minimum absolute atomic E-state index is 0.239. The van der Waals surface area contributed by atoms with E-state index in [1.165, 1.54) is 25.7 Å². The maximum Gasteiger partial charge on any atom is 0.231 e. The lowest BCUT2D eigenvalue weighted by Gasteiger charge is -2.34. The fraction of sp³-hybridized carbons (Fsp3) is 0.625. The lowest BCUT2D eigenvalue weighted by atomic mass is 9.75. The topological polar surface area (TPSA) is 50.7 Å². The second-order valence-electron chi connectivity index (χ2n) is 6.65. The number of ether oxygens (including phenoxy) is 2. The molecule has 110 valence electrons. The normalized spacial score (nSPS) is 21.1. The van der Waals surface area contributed by atoms with Crippen molar-refractivity contribution < 1.29 is 14.6 Å². The second kappa shape index (κ2) is 5.17. The Balaban J connectivity index is 1.59. The van der Waals surface area contributed by atoms with Crippen molar-refractivity contribution in [3.8, 4) is 17.2 Å². The van der Waals surface area contributed by atoms with Gasteiger partial charge in [0.25, 0.3) is 0 Å². The highest BCUT2D eigenvalue weighted by Crippen LogP contribution is 2.38. The molecular weight excluding hydrogens is 254 g/mol. The predicted molar refractivity (Wildman–Crippen MR) is 77.1 cm³/mol. The Labute approximate surface area is 120 Å². The van der Waals surface area contributed by atoms with Crippen LogP contribution in [0.25, 0.3) is 0 Å². The molecule has 0 unspecified atom stereocenters. The van der Waals surface area contributed by atoms with Gasteiger partial charge in [-0.15, -0.1) is 0 Å². The standard InChI is InChI=1S/C16H23NO3/c1-16(2)5-3-12(4-6-16)17-9-11-7-14-15(8-13(11)18)20-10-19-14/h7-8,12,17-18H,3-6,9-10H2,1-2H3. The molecule has 0 saturated heterocycles. The number of rotatable bonds is 3. The van der Waals surface area contributed by atoms with E-state index in [0.29, 0.717) is 23.8 Å². The third kappa shape index (κ3) is 2.85. The Hall–Kier alpha value is -1.42. The molecule has 0 amide bonds. The van der Waals surface area contributed by atoms with Crippen LogP contribution in [-0.2, 0) is 6.54 Å². The quantitative estimate of drug-likeness (QED) is 0.891. The molecule has 1 fully saturated rings. The number of phenolic OH excluding ortho intramolecular Hbond substituents is 1. The molecule has 1 saturated carbocycles. The predicted octanol–water partition coefficient (Wildman–Crippen LogP) is 3.18. The van der Waals surface area contributed by atoms with Crippen molar-refractivity contribution in [1.82, 2.24) is 5.32 Å². The summed E-state index contributed by atoms with van der Waals surface area (Å²) in [6.07, 6.45) is 4.94. The number of benzene rings is 1. The fourth-order valence-electron chi connectivity index (χ4n) is 2.97. The van der Waals surface area contributed by atoms with Crippen LogP contribution in [-0.4, -0.2) is 17.9 Å². The van der Waals surface area contributed by atoms with Crippen LogP contribution in [0.4, 0.5) is 0 Å². The third-order valence-electron chi connectivity index (χ3n) is 4.49. The lowest BCUT2D eigenvalue weighted by Crippen LogP contribution is -2.35. The maximum atomic E-state index is 10.0. The van der Waals surface area contributed by atoms with Crippen molar-refractivity contribution in [2.24, 2.45) is 5.41 Å². The molecule has 0 bridgehead atoms. The highest BCUT2D eigenvalue weighted by Gasteiger charge is 2.26. The highest BCUT2D eigenvalue weighted by atomic mass is 16.7. The van der Waals surface area contributed by atoms with Crippen molar-refractivity contribution in [1.29, 1.82) is 0 Å². The zero-order valence-corrected chi connectivity index (χ0v) is 12.2. The Morgan fingerprint density at radius 2 is 1.85 bits per heavy atom. The van der Waals surface area contributed by atoms with E-state index in [4.69, 9.17) is 9.47 Å². The van der Waals surface area contributed by atoms with Crippen LogP contribution in [0.15, 0.2) is 12.1 Å². The number of hydrogen-bond acceptors (Lipinski definition) is 4. The summed E-state index contributed by atoms with van der Waals surface area (Å²) in [5, 5.41) is 13.6. The second-order valence-corrected chi connectivity index (χ2v) is 6.65. The summed E-state index contributed by atoms with van der Waals surface area (Å²) in [7, 11) is 0. The van der Waals surface area contributed by atoms with Gasteiger partial charge in [-0.3, -0.25) is 0 Å². The molecule has 2 N–H and O–H groups in total. The SMILES string of the molecule is CC1(C)CCC(NCc2cc3c(cc2O)OCO3)CC1. The van der Waals surface area contributed by atoms with Gasteiger partial charge in [0.1, 0.15) is 5.75 Å². The molecule has 1 heterocycles. The van der Waals surface area contributed by atoms with E-state index >= 15 is 0 Å². The summed E-state index contributed by atoms with van der Waals surface area (Å²) >= 11 is 0. The molecule has 0 spiro atoms. The van der Waals surface area contributed by atoms with Gasteiger partial charge in [-0.25, -0.2) is 0 Å². The molecule has 3 rings (SSSR count). The summed E-state index contributed by atoms with van der Waals surface area (Å²) in [5.41, 5.74) is 1.36. The molecule has 0 atom stereocenters. The van der Waals surface area contributed by atoms with Crippen molar-refractivity contribution in [3.63, 3.8) is 0 Å². The monoisotopic (exact) mass is 277 g/mol. The molecule has 20 heavy (non-hydrogen) atoms. The molecule has 1 aliphatic carbocycles. The van der Waals surface area contributed by atoms with Gasteiger partial charge in [0.15, 0.2) is 11.5 Å². The van der Waals surface area contributed by atoms with Gasteiger partial charge in [-0.2, -0.15) is 0 Å². The van der Waals surface area contributed by atoms with Gasteiger partial charge < -0.3 is 19.9 Å². The first-order chi connectivity index (χ1) is 9.53. The summed E-state index contributed by atoms with van der Waals surface area (Å²) in [4.78, 5) is 0. The number of fused-ring (bicyclic) bond motifs is 1. The minimum atomic E-state index is 0.239. The highest BCUT2D eigenvalue weighted by molar-refractivity contribution is 5.51. The molecule has 4 heteroatoms. The van der Waals surface area contributed by atoms with Crippen LogP contribution >= 0.6 is 0 Å². The Bertz CT molecular complexity index is 489. The molecule has 0 radical (unpaired) electrons. The maximum absolute atomic E-state index is 10.0. The van der Waals surface area contributed by atoms with E-state index in [1.54, 1.807) is 6.07 Å². The Morgan fingerprint density at radius 1 is 1.20 bits per heavy atom. The van der Waals surface area contributed by atoms with Gasteiger partial charge in [0.05, 0.1) is 0 Å². The molecular formula is C16H23NO3. The fourth-order valence-corrected chi connectivity index (χ4v) is 2.97. The van der Waals surface area contributed by atoms with E-state index in [2.05, 4.69) is 19.2 Å². The van der Waals surface area contributed by atoms with Crippen molar-refractivity contribution in [2.75, 3.05) is 6.79 Å². The molecule has 0 aromatic heterocycles. The first kappa shape index (κ1) is 13.6. The average molecular weight is 277 g/mol. The van der Waals surface area contributed by atoms with E-state index in [1.807, 2.05) is 6.07 Å². The van der Waals surface area contributed by atoms with E-state index in [9.17, 15) is 5.11 Å². The zero-order chi connectivity index (χ0) is 14.2. The molecule has 2 aliphatic rings. The smallest absolute Gasteiger partial charge is 0.231 e. The molecule has 1 aromatic carbocycles. The molecule has 1 aliphatic heterocycles. The number of nitrogens with one attached hydrogen (secondary N) is 1. The first-order valence-corrected chi connectivity index (χ1v) is 7.38. The summed E-state index contributed by atoms with van der Waals surface area (Å²) in [6.45, 7) is 5.59. The largest absolute Gasteiger partial charge is 0.507 e. The van der Waals surface area contributed by atoms with Crippen molar-refractivity contribution in [3.05, 3.63) is 17.7 Å². The van der Waals surface area contributed by atoms with Gasteiger partial charge in [0, 0.05) is 24.2 Å². The van der Waals surface area contributed by atoms with Crippen LogP contribution in [0.2, 0.25) is 0 Å². The van der Waals surface area contributed by atoms with Crippen LogP contribution in [0.3, 0.4) is 0 Å². The van der Waals surface area contributed by atoms with Crippen molar-refractivity contribution in [2.45, 2.75) is 52.1 Å². The molecule has 1 aromatic rings. The minimum Gasteiger partial charge on any atom is -0.507 e. The van der Waals surface area contributed by atoms with E-state index in [-0.39, 0.29) is 12.5 Å². The summed E-state index contributed by atoms with van der Waals surface area (Å²) < 4.78 is 10.6. The number of aromatic hydroxyl groups is 1. The Kier molecular flexibility index (Phi) is 3.50. The zero-order valence-electron chi connectivity index (χ0n) is 12.2. The van der Waals surface area contributed by atoms with Gasteiger partial charge in [-0.05, 0) is 37.2 Å². The van der Waals surface area contributed by atoms with E-state index in [0.717, 1.165) is 11.3 Å². The summed E-state index contributed by atoms with van der Waals surface area (Å²) in [5.74, 6) is 1.63. The van der Waals surface area contributed by atoms with Crippen molar-refractivity contribution >= 4 is 0 Å². The van der Waals surface area contributed by atoms with Crippen LogP contribution in [0.5, 0.6) is 17.2 Å².